The van der Waals surface area contributed by atoms with Crippen molar-refractivity contribution in [3.63, 3.8) is 0 Å². The van der Waals surface area contributed by atoms with E-state index in [-0.39, 0.29) is 17.8 Å². The minimum atomic E-state index is -0.518. The van der Waals surface area contributed by atoms with Gasteiger partial charge in [0.2, 0.25) is 0 Å². The molecule has 1 aromatic carbocycles. The Morgan fingerprint density at radius 3 is 2.75 bits per heavy atom. The van der Waals surface area contributed by atoms with Gasteiger partial charge in [-0.15, -0.1) is 0 Å². The molecule has 0 fully saturated rings. The molecule has 0 saturated carbocycles. The maximum Gasteiger partial charge on any atom is 0.414 e. The lowest BCUT2D eigenvalue weighted by Crippen LogP contribution is -2.33. The van der Waals surface area contributed by atoms with Crippen LogP contribution in [0.2, 0.25) is 0 Å². The highest BCUT2D eigenvalue weighted by Crippen LogP contribution is 2.22. The Morgan fingerprint density at radius 1 is 1.19 bits per heavy atom. The van der Waals surface area contributed by atoms with Crippen molar-refractivity contribution >= 4 is 11.8 Å². The van der Waals surface area contributed by atoms with Gasteiger partial charge in [-0.2, -0.15) is 0 Å². The SMILES string of the molecule is CCOC(=O)c1ccc(-c2cncc(CN3CCOc4nc([N+](=O)[O-])cn4CC3)c2)cc1. The summed E-state index contributed by atoms with van der Waals surface area (Å²) in [5.74, 6) is -0.545. The molecule has 3 heterocycles. The molecule has 0 spiro atoms. The van der Waals surface area contributed by atoms with Crippen LogP contribution in [0, 0.1) is 10.1 Å². The molecule has 0 bridgehead atoms. The molecular formula is C22H23N5O5. The average Bonchev–Trinajstić information content (AvgIpc) is 3.19. The molecule has 1 aliphatic rings. The van der Waals surface area contributed by atoms with Crippen LogP contribution in [0.3, 0.4) is 0 Å². The highest BCUT2D eigenvalue weighted by Gasteiger charge is 2.23. The van der Waals surface area contributed by atoms with Gasteiger partial charge in [-0.3, -0.25) is 14.5 Å². The molecule has 0 amide bonds. The van der Waals surface area contributed by atoms with Crippen molar-refractivity contribution in [3.8, 4) is 17.1 Å². The average molecular weight is 437 g/mol. The third-order valence-corrected chi connectivity index (χ3v) is 5.14. The summed E-state index contributed by atoms with van der Waals surface area (Å²) in [4.78, 5) is 32.8. The largest absolute Gasteiger partial charge is 0.462 e. The Kier molecular flexibility index (Phi) is 6.41. The van der Waals surface area contributed by atoms with E-state index in [9.17, 15) is 14.9 Å². The Labute approximate surface area is 184 Å². The van der Waals surface area contributed by atoms with Crippen LogP contribution in [-0.2, 0) is 17.8 Å². The minimum absolute atomic E-state index is 0.209. The maximum atomic E-state index is 11.8. The van der Waals surface area contributed by atoms with Crippen molar-refractivity contribution in [2.45, 2.75) is 20.0 Å². The van der Waals surface area contributed by atoms with E-state index in [1.165, 1.54) is 6.20 Å². The van der Waals surface area contributed by atoms with Gasteiger partial charge in [0.05, 0.1) is 12.2 Å². The van der Waals surface area contributed by atoms with Gasteiger partial charge in [0.25, 0.3) is 0 Å². The Bertz CT molecular complexity index is 1110. The molecule has 4 rings (SSSR count). The predicted molar refractivity (Wildman–Crippen MR) is 115 cm³/mol. The first-order valence-corrected chi connectivity index (χ1v) is 10.3. The Morgan fingerprint density at radius 2 is 2.00 bits per heavy atom. The van der Waals surface area contributed by atoms with Gasteiger partial charge in [0, 0.05) is 49.1 Å². The zero-order valence-electron chi connectivity index (χ0n) is 17.6. The number of benzene rings is 1. The van der Waals surface area contributed by atoms with Crippen LogP contribution in [0.1, 0.15) is 22.8 Å². The number of aromatic nitrogens is 3. The lowest BCUT2D eigenvalue weighted by atomic mass is 10.0. The van der Waals surface area contributed by atoms with Crippen molar-refractivity contribution in [1.29, 1.82) is 0 Å². The first kappa shape index (κ1) is 21.4. The van der Waals surface area contributed by atoms with Gasteiger partial charge in [0.15, 0.2) is 0 Å². The second-order valence-corrected chi connectivity index (χ2v) is 7.34. The molecule has 0 N–H and O–H groups in total. The van der Waals surface area contributed by atoms with E-state index < -0.39 is 4.92 Å². The highest BCUT2D eigenvalue weighted by atomic mass is 16.6. The van der Waals surface area contributed by atoms with Gasteiger partial charge in [-0.25, -0.2) is 4.79 Å². The van der Waals surface area contributed by atoms with E-state index in [4.69, 9.17) is 9.47 Å². The second-order valence-electron chi connectivity index (χ2n) is 7.34. The standard InChI is InChI=1S/C22H23N5O5/c1-2-31-21(28)18-5-3-17(4-6-18)19-11-16(12-23-13-19)14-25-7-8-26-15-20(27(29)30)24-22(26)32-10-9-25/h3-6,11-13,15H,2,7-10,14H2,1H3. The number of nitro groups is 1. The van der Waals surface area contributed by atoms with Crippen LogP contribution >= 0.6 is 0 Å². The molecule has 2 aromatic heterocycles. The summed E-state index contributed by atoms with van der Waals surface area (Å²) < 4.78 is 12.3. The van der Waals surface area contributed by atoms with Crippen molar-refractivity contribution < 1.29 is 19.2 Å². The zero-order chi connectivity index (χ0) is 22.5. The Hall–Kier alpha value is -3.79. The molecule has 0 saturated heterocycles. The number of carbonyl (C=O) groups is 1. The smallest absolute Gasteiger partial charge is 0.414 e. The number of esters is 1. The van der Waals surface area contributed by atoms with Crippen molar-refractivity contribution in [2.75, 3.05) is 26.3 Å². The number of ether oxygens (including phenoxy) is 2. The molecule has 0 aliphatic carbocycles. The van der Waals surface area contributed by atoms with Crippen molar-refractivity contribution in [3.05, 3.63) is 70.2 Å². The summed E-state index contributed by atoms with van der Waals surface area (Å²) in [7, 11) is 0. The van der Waals surface area contributed by atoms with Crippen LogP contribution in [-0.4, -0.2) is 56.6 Å². The van der Waals surface area contributed by atoms with E-state index in [0.717, 1.165) is 16.7 Å². The first-order valence-electron chi connectivity index (χ1n) is 10.3. The van der Waals surface area contributed by atoms with Crippen molar-refractivity contribution in [1.82, 2.24) is 19.4 Å². The maximum absolute atomic E-state index is 11.8. The number of hydrogen-bond acceptors (Lipinski definition) is 8. The highest BCUT2D eigenvalue weighted by molar-refractivity contribution is 5.90. The quantitative estimate of drug-likeness (QED) is 0.329. The summed E-state index contributed by atoms with van der Waals surface area (Å²) in [6, 6.07) is 9.61. The fourth-order valence-corrected chi connectivity index (χ4v) is 3.54. The topological polar surface area (TPSA) is 113 Å². The lowest BCUT2D eigenvalue weighted by molar-refractivity contribution is -0.389. The first-order chi connectivity index (χ1) is 15.5. The monoisotopic (exact) mass is 437 g/mol. The lowest BCUT2D eigenvalue weighted by Gasteiger charge is -2.24. The Balaban J connectivity index is 1.43. The van der Waals surface area contributed by atoms with E-state index in [2.05, 4.69) is 20.9 Å². The third-order valence-electron chi connectivity index (χ3n) is 5.14. The number of nitrogens with zero attached hydrogens (tertiary/aromatic N) is 5. The van der Waals surface area contributed by atoms with Crippen molar-refractivity contribution in [2.24, 2.45) is 0 Å². The summed E-state index contributed by atoms with van der Waals surface area (Å²) in [5.41, 5.74) is 3.46. The van der Waals surface area contributed by atoms with Gasteiger partial charge < -0.3 is 19.6 Å². The molecule has 10 nitrogen and oxygen atoms in total. The predicted octanol–water partition coefficient (Wildman–Crippen LogP) is 2.92. The molecular weight excluding hydrogens is 414 g/mol. The van der Waals surface area contributed by atoms with Crippen LogP contribution in [0.15, 0.2) is 48.9 Å². The van der Waals surface area contributed by atoms with E-state index in [0.29, 0.717) is 45.0 Å². The van der Waals surface area contributed by atoms with E-state index >= 15 is 0 Å². The second kappa shape index (κ2) is 9.56. The van der Waals surface area contributed by atoms with Gasteiger partial charge in [-0.1, -0.05) is 12.1 Å². The molecule has 10 heteroatoms. The number of rotatable bonds is 6. The van der Waals surface area contributed by atoms with E-state index in [1.54, 1.807) is 29.8 Å². The van der Waals surface area contributed by atoms with Crippen LogP contribution < -0.4 is 4.74 Å². The molecule has 166 valence electrons. The van der Waals surface area contributed by atoms with Crippen LogP contribution in [0.25, 0.3) is 11.1 Å². The van der Waals surface area contributed by atoms with E-state index in [1.807, 2.05) is 18.3 Å². The summed E-state index contributed by atoms with van der Waals surface area (Å²) >= 11 is 0. The number of pyridine rings is 1. The fourth-order valence-electron chi connectivity index (χ4n) is 3.54. The summed E-state index contributed by atoms with van der Waals surface area (Å²) in [5, 5.41) is 11.0. The zero-order valence-corrected chi connectivity index (χ0v) is 17.6. The molecule has 0 unspecified atom stereocenters. The summed E-state index contributed by atoms with van der Waals surface area (Å²) in [6.07, 6.45) is 5.01. The molecule has 3 aromatic rings. The number of fused-ring (bicyclic) bond motifs is 1. The number of carbonyl (C=O) groups excluding carboxylic acids is 1. The van der Waals surface area contributed by atoms with Crippen LogP contribution in [0.5, 0.6) is 6.01 Å². The van der Waals surface area contributed by atoms with Crippen LogP contribution in [0.4, 0.5) is 5.82 Å². The molecule has 1 aliphatic heterocycles. The normalized spacial score (nSPS) is 14.0. The van der Waals surface area contributed by atoms with Gasteiger partial charge in [0.1, 0.15) is 12.8 Å². The summed E-state index contributed by atoms with van der Waals surface area (Å²) in [6.45, 7) is 5.07. The van der Waals surface area contributed by atoms with Gasteiger partial charge in [-0.05, 0) is 41.2 Å². The third kappa shape index (κ3) is 4.92. The molecule has 0 atom stereocenters. The number of imidazole rings is 1. The number of hydrogen-bond donors (Lipinski definition) is 0. The minimum Gasteiger partial charge on any atom is -0.462 e. The molecule has 32 heavy (non-hydrogen) atoms. The fraction of sp³-hybridized carbons (Fsp3) is 0.318. The van der Waals surface area contributed by atoms with Gasteiger partial charge >= 0.3 is 17.8 Å². The molecule has 0 radical (unpaired) electrons.